The van der Waals surface area contributed by atoms with E-state index in [1.54, 1.807) is 74.5 Å². The molecular formula is C42H38N4O7S2. The lowest BCUT2D eigenvalue weighted by Crippen LogP contribution is -2.30. The number of thioether (sulfide) groups is 1. The van der Waals surface area contributed by atoms with Gasteiger partial charge < -0.3 is 20.7 Å². The molecule has 1 aliphatic rings. The van der Waals surface area contributed by atoms with Crippen LogP contribution >= 0.6 is 23.1 Å². The summed E-state index contributed by atoms with van der Waals surface area (Å²) >= 11 is 2.68. The average Bonchev–Trinajstić information content (AvgIpc) is 3.55. The number of para-hydroxylation sites is 1. The van der Waals surface area contributed by atoms with Crippen molar-refractivity contribution < 1.29 is 28.8 Å². The largest absolute Gasteiger partial charge is 0.462 e. The van der Waals surface area contributed by atoms with Crippen LogP contribution < -0.4 is 16.0 Å². The lowest BCUT2D eigenvalue weighted by Gasteiger charge is -2.23. The van der Waals surface area contributed by atoms with E-state index in [0.29, 0.717) is 39.0 Å². The van der Waals surface area contributed by atoms with Crippen LogP contribution in [-0.4, -0.2) is 40.5 Å². The van der Waals surface area contributed by atoms with E-state index in [-0.39, 0.29) is 29.5 Å². The van der Waals surface area contributed by atoms with E-state index < -0.39 is 28.0 Å². The standard InChI is InChI=1S/C42H38N4O7S2/c1-3-53-42(50)37-33-22-21-29(27-13-6-4-7-14-27)24-36(33)55-41(37)45-38(47)26(2)54-32-19-12-18-31(25-32)43-40(49)34(44-39(48)28-15-8-5-9-16-28)23-30-17-10-11-20-35(30)46(51)52/h4-20,23,25-26,29H,3,21-22,24H2,1-2H3,(H,43,49)(H,44,48)(H,45,47)/b34-23+. The minimum Gasteiger partial charge on any atom is -0.462 e. The van der Waals surface area contributed by atoms with Gasteiger partial charge in [-0.25, -0.2) is 4.79 Å². The molecule has 280 valence electrons. The quantitative estimate of drug-likeness (QED) is 0.0353. The number of nitrogens with one attached hydrogen (secondary N) is 3. The maximum absolute atomic E-state index is 13.7. The molecule has 1 aromatic heterocycles. The third kappa shape index (κ3) is 9.55. The zero-order chi connectivity index (χ0) is 38.9. The van der Waals surface area contributed by atoms with Crippen LogP contribution in [0.25, 0.3) is 6.08 Å². The van der Waals surface area contributed by atoms with Crippen LogP contribution in [-0.2, 0) is 27.2 Å². The number of benzene rings is 4. The Kier molecular flexibility index (Phi) is 12.5. The molecular weight excluding hydrogens is 737 g/mol. The van der Waals surface area contributed by atoms with Crippen molar-refractivity contribution in [2.75, 3.05) is 17.2 Å². The predicted molar refractivity (Wildman–Crippen MR) is 215 cm³/mol. The van der Waals surface area contributed by atoms with Crippen LogP contribution in [0.5, 0.6) is 0 Å². The number of ether oxygens (including phenoxy) is 1. The number of esters is 1. The molecule has 11 nitrogen and oxygen atoms in total. The number of nitro groups is 1. The first kappa shape index (κ1) is 38.7. The molecule has 0 radical (unpaired) electrons. The van der Waals surface area contributed by atoms with Gasteiger partial charge in [0.25, 0.3) is 17.5 Å². The average molecular weight is 775 g/mol. The maximum Gasteiger partial charge on any atom is 0.341 e. The zero-order valence-electron chi connectivity index (χ0n) is 30.1. The summed E-state index contributed by atoms with van der Waals surface area (Å²) in [7, 11) is 0. The van der Waals surface area contributed by atoms with Crippen LogP contribution in [0.4, 0.5) is 16.4 Å². The van der Waals surface area contributed by atoms with Gasteiger partial charge in [-0.15, -0.1) is 23.1 Å². The van der Waals surface area contributed by atoms with E-state index in [1.807, 2.05) is 18.2 Å². The first-order valence-electron chi connectivity index (χ1n) is 17.7. The summed E-state index contributed by atoms with van der Waals surface area (Å²) in [6.45, 7) is 3.72. The second kappa shape index (κ2) is 17.9. The molecule has 13 heteroatoms. The summed E-state index contributed by atoms with van der Waals surface area (Å²) in [5, 5.41) is 20.0. The molecule has 2 atom stereocenters. The summed E-state index contributed by atoms with van der Waals surface area (Å²) in [5.74, 6) is -1.72. The van der Waals surface area contributed by atoms with Crippen LogP contribution in [0.3, 0.4) is 0 Å². The molecule has 1 aliphatic carbocycles. The molecule has 0 aliphatic heterocycles. The van der Waals surface area contributed by atoms with Crippen LogP contribution in [0.2, 0.25) is 0 Å². The highest BCUT2D eigenvalue weighted by molar-refractivity contribution is 8.00. The topological polar surface area (TPSA) is 157 Å². The van der Waals surface area contributed by atoms with Crippen molar-refractivity contribution >= 4 is 69.2 Å². The highest BCUT2D eigenvalue weighted by Gasteiger charge is 2.31. The number of amides is 3. The Morgan fingerprint density at radius 1 is 0.945 bits per heavy atom. The molecule has 6 rings (SSSR count). The Labute approximate surface area is 326 Å². The van der Waals surface area contributed by atoms with Crippen LogP contribution in [0.15, 0.2) is 120 Å². The van der Waals surface area contributed by atoms with Crippen molar-refractivity contribution in [3.8, 4) is 0 Å². The third-order valence-electron chi connectivity index (χ3n) is 8.99. The Morgan fingerprint density at radius 3 is 2.38 bits per heavy atom. The Balaban J connectivity index is 1.17. The number of nitrogens with zero attached hydrogens (tertiary/aromatic N) is 1. The molecule has 0 fully saturated rings. The molecule has 0 saturated carbocycles. The molecule has 0 spiro atoms. The van der Waals surface area contributed by atoms with E-state index in [4.69, 9.17) is 4.74 Å². The van der Waals surface area contributed by atoms with Gasteiger partial charge >= 0.3 is 5.97 Å². The minimum atomic E-state index is -0.710. The molecule has 4 aromatic carbocycles. The van der Waals surface area contributed by atoms with Gasteiger partial charge in [0.05, 0.1) is 27.9 Å². The van der Waals surface area contributed by atoms with Crippen molar-refractivity contribution in [1.29, 1.82) is 0 Å². The van der Waals surface area contributed by atoms with E-state index in [9.17, 15) is 29.3 Å². The summed E-state index contributed by atoms with van der Waals surface area (Å²) in [6, 6.07) is 31.3. The van der Waals surface area contributed by atoms with Crippen molar-refractivity contribution in [2.45, 2.75) is 49.2 Å². The lowest BCUT2D eigenvalue weighted by atomic mass is 9.83. The van der Waals surface area contributed by atoms with Gasteiger partial charge in [-0.1, -0.05) is 66.7 Å². The minimum absolute atomic E-state index is 0.129. The fraction of sp³-hybridized carbons (Fsp3) is 0.190. The number of carbonyl (C=O) groups excluding carboxylic acids is 4. The second-order valence-corrected chi connectivity index (χ2v) is 15.2. The highest BCUT2D eigenvalue weighted by Crippen LogP contribution is 2.43. The van der Waals surface area contributed by atoms with Gasteiger partial charge in [-0.2, -0.15) is 0 Å². The number of fused-ring (bicyclic) bond motifs is 1. The van der Waals surface area contributed by atoms with Crippen LogP contribution in [0.1, 0.15) is 68.5 Å². The molecule has 5 aromatic rings. The number of carbonyl (C=O) groups is 4. The number of anilines is 2. The SMILES string of the molecule is CCOC(=O)c1c(NC(=O)C(C)Sc2cccc(NC(=O)/C(=C\c3ccccc3[N+](=O)[O-])NC(=O)c3ccccc3)c2)sc2c1CCC(c1ccccc1)C2. The van der Waals surface area contributed by atoms with Crippen LogP contribution in [0, 0.1) is 10.1 Å². The number of rotatable bonds is 13. The Bertz CT molecular complexity index is 2260. The molecule has 1 heterocycles. The van der Waals surface area contributed by atoms with Gasteiger partial charge in [0, 0.05) is 27.1 Å². The second-order valence-electron chi connectivity index (χ2n) is 12.7. The van der Waals surface area contributed by atoms with Gasteiger partial charge in [-0.05, 0) is 92.6 Å². The van der Waals surface area contributed by atoms with Crippen molar-refractivity contribution in [1.82, 2.24) is 5.32 Å². The molecule has 3 N–H and O–H groups in total. The smallest absolute Gasteiger partial charge is 0.341 e. The first-order valence-corrected chi connectivity index (χ1v) is 19.4. The fourth-order valence-electron chi connectivity index (χ4n) is 6.29. The predicted octanol–water partition coefficient (Wildman–Crippen LogP) is 8.63. The van der Waals surface area contributed by atoms with Crippen molar-refractivity contribution in [3.05, 3.63) is 158 Å². The molecule has 0 bridgehead atoms. The fourth-order valence-corrected chi connectivity index (χ4v) is 8.54. The van der Waals surface area contributed by atoms with Gasteiger partial charge in [0.1, 0.15) is 10.7 Å². The lowest BCUT2D eigenvalue weighted by molar-refractivity contribution is -0.385. The Hall–Kier alpha value is -6.05. The van der Waals surface area contributed by atoms with E-state index in [0.717, 1.165) is 23.3 Å². The number of nitro benzene ring substituents is 1. The molecule has 2 unspecified atom stereocenters. The van der Waals surface area contributed by atoms with E-state index in [2.05, 4.69) is 28.1 Å². The van der Waals surface area contributed by atoms with E-state index in [1.165, 1.54) is 52.9 Å². The summed E-state index contributed by atoms with van der Waals surface area (Å²) < 4.78 is 5.42. The van der Waals surface area contributed by atoms with Gasteiger partial charge in [-0.3, -0.25) is 24.5 Å². The number of thiophene rings is 1. The molecule has 3 amide bonds. The van der Waals surface area contributed by atoms with Gasteiger partial charge in [0.15, 0.2) is 0 Å². The summed E-state index contributed by atoms with van der Waals surface area (Å²) in [5.41, 5.74) is 2.96. The van der Waals surface area contributed by atoms with Crippen molar-refractivity contribution in [2.24, 2.45) is 0 Å². The summed E-state index contributed by atoms with van der Waals surface area (Å²) in [4.78, 5) is 66.4. The third-order valence-corrected chi connectivity index (χ3v) is 11.3. The van der Waals surface area contributed by atoms with Crippen molar-refractivity contribution in [3.63, 3.8) is 0 Å². The highest BCUT2D eigenvalue weighted by atomic mass is 32.2. The normalized spacial score (nSPS) is 14.2. The van der Waals surface area contributed by atoms with Gasteiger partial charge in [0.2, 0.25) is 5.91 Å². The Morgan fingerprint density at radius 2 is 1.65 bits per heavy atom. The zero-order valence-corrected chi connectivity index (χ0v) is 31.7. The number of hydrogen-bond donors (Lipinski definition) is 3. The molecule has 0 saturated heterocycles. The monoisotopic (exact) mass is 774 g/mol. The van der Waals surface area contributed by atoms with E-state index >= 15 is 0 Å². The number of hydrogen-bond acceptors (Lipinski definition) is 9. The maximum atomic E-state index is 13.7. The summed E-state index contributed by atoms with van der Waals surface area (Å²) in [6.07, 6.45) is 3.61. The first-order chi connectivity index (χ1) is 26.6. The molecule has 55 heavy (non-hydrogen) atoms.